The maximum Gasteiger partial charge on any atom is 0.414 e. The second kappa shape index (κ2) is 9.29. The number of nitrogens with zero attached hydrogens (tertiary/aromatic N) is 5. The average Bonchev–Trinajstić information content (AvgIpc) is 3.47. The number of hydrogen-bond donors (Lipinski definition) is 1. The SMILES string of the molecule is CCOC(=O)N1CC(=O)OC(C)(C)c2nn(C)cc2-c2cnc3oc(C(=O)c4ccc(NC)nc4)c1c3c2. The molecule has 4 aromatic rings. The molecular weight excluding hydrogens is 492 g/mol. The van der Waals surface area contributed by atoms with Crippen molar-refractivity contribution < 1.29 is 28.3 Å². The first kappa shape index (κ1) is 24.9. The van der Waals surface area contributed by atoms with E-state index in [0.717, 1.165) is 4.90 Å². The minimum Gasteiger partial charge on any atom is -0.452 e. The number of esters is 1. The first-order chi connectivity index (χ1) is 18.1. The van der Waals surface area contributed by atoms with Crippen molar-refractivity contribution in [1.29, 1.82) is 0 Å². The lowest BCUT2D eigenvalue weighted by molar-refractivity contribution is -0.155. The summed E-state index contributed by atoms with van der Waals surface area (Å²) < 4.78 is 18.6. The van der Waals surface area contributed by atoms with Gasteiger partial charge in [-0.2, -0.15) is 5.10 Å². The molecule has 4 aromatic heterocycles. The molecule has 1 N–H and O–H groups in total. The highest BCUT2D eigenvalue weighted by Gasteiger charge is 2.37. The first-order valence-corrected chi connectivity index (χ1v) is 11.9. The number of amides is 1. The molecule has 0 atom stereocenters. The molecule has 12 heteroatoms. The van der Waals surface area contributed by atoms with Gasteiger partial charge in [0.2, 0.25) is 17.3 Å². The fourth-order valence-corrected chi connectivity index (χ4v) is 4.42. The van der Waals surface area contributed by atoms with Gasteiger partial charge in [0.15, 0.2) is 5.60 Å². The number of furan rings is 1. The second-order valence-corrected chi connectivity index (χ2v) is 9.20. The van der Waals surface area contributed by atoms with Gasteiger partial charge >= 0.3 is 12.1 Å². The van der Waals surface area contributed by atoms with Crippen LogP contribution in [0.1, 0.15) is 42.6 Å². The number of carbonyl (C=O) groups is 3. The predicted octanol–water partition coefficient (Wildman–Crippen LogP) is 3.65. The minimum atomic E-state index is -1.14. The minimum absolute atomic E-state index is 0.0455. The van der Waals surface area contributed by atoms with E-state index in [-0.39, 0.29) is 29.3 Å². The lowest BCUT2D eigenvalue weighted by Crippen LogP contribution is -2.40. The molecule has 0 radical (unpaired) electrons. The van der Waals surface area contributed by atoms with Crippen LogP contribution in [0, 0.1) is 0 Å². The van der Waals surface area contributed by atoms with Crippen LogP contribution in [0.25, 0.3) is 22.2 Å². The second-order valence-electron chi connectivity index (χ2n) is 9.20. The molecule has 0 fully saturated rings. The number of ether oxygens (including phenoxy) is 2. The summed E-state index contributed by atoms with van der Waals surface area (Å²) in [5, 5.41) is 7.77. The Balaban J connectivity index is 1.78. The smallest absolute Gasteiger partial charge is 0.414 e. The van der Waals surface area contributed by atoms with Crippen LogP contribution >= 0.6 is 0 Å². The maximum absolute atomic E-state index is 13.7. The summed E-state index contributed by atoms with van der Waals surface area (Å²) in [6.45, 7) is 4.58. The lowest BCUT2D eigenvalue weighted by atomic mass is 9.97. The number of cyclic esters (lactones) is 1. The predicted molar refractivity (Wildman–Crippen MR) is 137 cm³/mol. The Morgan fingerprint density at radius 3 is 2.68 bits per heavy atom. The highest BCUT2D eigenvalue weighted by molar-refractivity contribution is 6.17. The molecular formula is C26H26N6O6. The van der Waals surface area contributed by atoms with E-state index in [2.05, 4.69) is 20.4 Å². The molecule has 1 aliphatic heterocycles. The molecule has 196 valence electrons. The normalized spacial score (nSPS) is 14.6. The van der Waals surface area contributed by atoms with Crippen molar-refractivity contribution in [3.05, 3.63) is 53.8 Å². The van der Waals surface area contributed by atoms with Crippen LogP contribution in [0.15, 0.2) is 41.2 Å². The van der Waals surface area contributed by atoms with Crippen molar-refractivity contribution in [2.24, 2.45) is 7.05 Å². The summed E-state index contributed by atoms with van der Waals surface area (Å²) in [6, 6.07) is 4.97. The van der Waals surface area contributed by atoms with Gasteiger partial charge in [-0.05, 0) is 39.0 Å². The van der Waals surface area contributed by atoms with Gasteiger partial charge in [0, 0.05) is 49.4 Å². The number of fused-ring (bicyclic) bond motifs is 3. The van der Waals surface area contributed by atoms with E-state index in [0.29, 0.717) is 28.0 Å². The summed E-state index contributed by atoms with van der Waals surface area (Å²) >= 11 is 0. The van der Waals surface area contributed by atoms with E-state index < -0.39 is 30.0 Å². The van der Waals surface area contributed by atoms with Crippen LogP contribution in [-0.2, 0) is 26.9 Å². The molecule has 5 heterocycles. The summed E-state index contributed by atoms with van der Waals surface area (Å²) in [7, 11) is 3.47. The Hall–Kier alpha value is -4.74. The van der Waals surface area contributed by atoms with Crippen molar-refractivity contribution in [1.82, 2.24) is 19.7 Å². The average molecular weight is 519 g/mol. The Morgan fingerprint density at radius 1 is 1.21 bits per heavy atom. The molecule has 0 spiro atoms. The number of hydrogen-bond acceptors (Lipinski definition) is 10. The van der Waals surface area contributed by atoms with Crippen molar-refractivity contribution in [2.75, 3.05) is 30.4 Å². The Morgan fingerprint density at radius 2 is 2.00 bits per heavy atom. The molecule has 0 saturated carbocycles. The quantitative estimate of drug-likeness (QED) is 0.314. The molecule has 1 aliphatic rings. The van der Waals surface area contributed by atoms with Crippen molar-refractivity contribution in [3.8, 4) is 11.1 Å². The van der Waals surface area contributed by atoms with Crippen LogP contribution in [0.3, 0.4) is 0 Å². The van der Waals surface area contributed by atoms with Gasteiger partial charge in [-0.1, -0.05) is 0 Å². The van der Waals surface area contributed by atoms with Crippen molar-refractivity contribution >= 4 is 40.5 Å². The van der Waals surface area contributed by atoms with E-state index in [9.17, 15) is 14.4 Å². The summed E-state index contributed by atoms with van der Waals surface area (Å²) in [4.78, 5) is 49.7. The molecule has 0 saturated heterocycles. The fourth-order valence-electron chi connectivity index (χ4n) is 4.42. The van der Waals surface area contributed by atoms with Gasteiger partial charge in [-0.15, -0.1) is 0 Å². The summed E-state index contributed by atoms with van der Waals surface area (Å²) in [5.74, 6) is -0.888. The van der Waals surface area contributed by atoms with Crippen LogP contribution in [-0.4, -0.2) is 57.8 Å². The lowest BCUT2D eigenvalue weighted by Gasteiger charge is -2.26. The zero-order valence-corrected chi connectivity index (χ0v) is 21.6. The van der Waals surface area contributed by atoms with Crippen molar-refractivity contribution in [2.45, 2.75) is 26.4 Å². The van der Waals surface area contributed by atoms with E-state index in [1.54, 1.807) is 70.1 Å². The first-order valence-electron chi connectivity index (χ1n) is 11.9. The maximum atomic E-state index is 13.7. The molecule has 0 aromatic carbocycles. The number of carbonyl (C=O) groups excluding carboxylic acids is 3. The summed E-state index contributed by atoms with van der Waals surface area (Å²) in [5.41, 5.74) is 1.07. The van der Waals surface area contributed by atoms with Crippen molar-refractivity contribution in [3.63, 3.8) is 0 Å². The van der Waals surface area contributed by atoms with E-state index in [4.69, 9.17) is 13.9 Å². The van der Waals surface area contributed by atoms with E-state index in [1.165, 1.54) is 6.20 Å². The zero-order valence-electron chi connectivity index (χ0n) is 21.6. The third-order valence-corrected chi connectivity index (χ3v) is 6.13. The van der Waals surface area contributed by atoms with Crippen LogP contribution in [0.5, 0.6) is 0 Å². The topological polar surface area (TPSA) is 142 Å². The van der Waals surface area contributed by atoms with Crippen LogP contribution in [0.4, 0.5) is 16.3 Å². The van der Waals surface area contributed by atoms with Gasteiger partial charge in [0.25, 0.3) is 0 Å². The van der Waals surface area contributed by atoms with E-state index >= 15 is 0 Å². The Kier molecular flexibility index (Phi) is 6.09. The molecule has 38 heavy (non-hydrogen) atoms. The molecule has 2 bridgehead atoms. The zero-order chi connectivity index (χ0) is 27.2. The molecule has 12 nitrogen and oxygen atoms in total. The monoisotopic (exact) mass is 518 g/mol. The molecule has 0 aliphatic carbocycles. The number of rotatable bonds is 4. The molecule has 5 rings (SSSR count). The number of aryl methyl sites for hydroxylation is 1. The third-order valence-electron chi connectivity index (χ3n) is 6.13. The number of nitrogens with one attached hydrogen (secondary N) is 1. The number of aromatic nitrogens is 4. The Bertz CT molecular complexity index is 1570. The van der Waals surface area contributed by atoms with Gasteiger partial charge in [-0.3, -0.25) is 19.2 Å². The number of ketones is 1. The highest BCUT2D eigenvalue weighted by Crippen LogP contribution is 2.40. The van der Waals surface area contributed by atoms with Gasteiger partial charge in [0.1, 0.15) is 23.7 Å². The Labute approximate surface area is 217 Å². The van der Waals surface area contributed by atoms with E-state index in [1.807, 2.05) is 0 Å². The standard InChI is InChI=1S/C26H26N6O6/c1-6-36-25(35)32-13-19(33)38-26(2,3)23-17(12-31(5)30-23)15-9-16-20(32)22(37-24(16)29-11-15)21(34)14-7-8-18(27-4)28-10-14/h7-12H,6,13H2,1-5H3,(H,27,28). The van der Waals surface area contributed by atoms with Gasteiger partial charge in [-0.25, -0.2) is 14.8 Å². The number of pyridine rings is 2. The summed E-state index contributed by atoms with van der Waals surface area (Å²) in [6.07, 6.45) is 3.92. The molecule has 0 unspecified atom stereocenters. The fraction of sp³-hybridized carbons (Fsp3) is 0.308. The van der Waals surface area contributed by atoms with Gasteiger partial charge in [0.05, 0.1) is 12.0 Å². The van der Waals surface area contributed by atoms with Gasteiger partial charge < -0.3 is 19.2 Å². The van der Waals surface area contributed by atoms with Crippen LogP contribution in [0.2, 0.25) is 0 Å². The number of anilines is 2. The molecule has 1 amide bonds. The highest BCUT2D eigenvalue weighted by atomic mass is 16.6. The largest absolute Gasteiger partial charge is 0.452 e. The third kappa shape index (κ3) is 4.23. The van der Waals surface area contributed by atoms with Crippen LogP contribution < -0.4 is 10.2 Å².